The Morgan fingerprint density at radius 2 is 1.59 bits per heavy atom. The quantitative estimate of drug-likeness (QED) is 0.131. The number of benzene rings is 3. The average molecular weight is 691 g/mol. The third kappa shape index (κ3) is 7.33. The first-order valence-corrected chi connectivity index (χ1v) is 17.4. The lowest BCUT2D eigenvalue weighted by Crippen LogP contribution is -2.42. The van der Waals surface area contributed by atoms with Gasteiger partial charge in [0.15, 0.2) is 29.3 Å². The van der Waals surface area contributed by atoms with E-state index < -0.39 is 36.4 Å². The number of ether oxygens (including phenoxy) is 1. The minimum Gasteiger partial charge on any atom is -0.387 e. The van der Waals surface area contributed by atoms with Gasteiger partial charge < -0.3 is 30.9 Å². The van der Waals surface area contributed by atoms with Gasteiger partial charge in [-0.1, -0.05) is 84.9 Å². The third-order valence-electron chi connectivity index (χ3n) is 9.55. The van der Waals surface area contributed by atoms with Gasteiger partial charge in [-0.3, -0.25) is 19.1 Å². The van der Waals surface area contributed by atoms with Crippen molar-refractivity contribution in [3.63, 3.8) is 0 Å². The molecular formula is C38H42N8O5. The first-order valence-electron chi connectivity index (χ1n) is 17.4. The summed E-state index contributed by atoms with van der Waals surface area (Å²) >= 11 is 0. The monoisotopic (exact) mass is 690 g/mol. The molecule has 5 N–H and O–H groups in total. The zero-order valence-corrected chi connectivity index (χ0v) is 28.4. The van der Waals surface area contributed by atoms with Gasteiger partial charge >= 0.3 is 0 Å². The molecule has 3 aromatic carbocycles. The van der Waals surface area contributed by atoms with Gasteiger partial charge in [0.1, 0.15) is 12.2 Å². The van der Waals surface area contributed by atoms with Crippen molar-refractivity contribution >= 4 is 28.8 Å². The molecular weight excluding hydrogens is 648 g/mol. The van der Waals surface area contributed by atoms with E-state index in [0.29, 0.717) is 37.5 Å². The summed E-state index contributed by atoms with van der Waals surface area (Å²) in [7, 11) is 0. The molecule has 4 atom stereocenters. The normalized spacial score (nSPS) is 20.3. The Hall–Kier alpha value is -5.21. The molecule has 7 rings (SSSR count). The molecule has 2 aliphatic heterocycles. The molecule has 4 heterocycles. The zero-order chi connectivity index (χ0) is 35.3. The summed E-state index contributed by atoms with van der Waals surface area (Å²) in [6.07, 6.45) is -3.08. The van der Waals surface area contributed by atoms with Gasteiger partial charge in [0, 0.05) is 45.2 Å². The van der Waals surface area contributed by atoms with Crippen LogP contribution in [0.5, 0.6) is 0 Å². The summed E-state index contributed by atoms with van der Waals surface area (Å²) < 4.78 is 7.32. The molecule has 2 amide bonds. The molecule has 2 aromatic heterocycles. The minimum atomic E-state index is -1.49. The van der Waals surface area contributed by atoms with Gasteiger partial charge in [-0.05, 0) is 35.6 Å². The van der Waals surface area contributed by atoms with Crippen LogP contribution in [0.3, 0.4) is 0 Å². The number of amides is 2. The molecule has 13 nitrogen and oxygen atoms in total. The van der Waals surface area contributed by atoms with Gasteiger partial charge in [0.05, 0.1) is 6.33 Å². The van der Waals surface area contributed by atoms with E-state index in [2.05, 4.69) is 78.3 Å². The van der Waals surface area contributed by atoms with Crippen LogP contribution in [-0.4, -0.2) is 97.5 Å². The summed E-state index contributed by atoms with van der Waals surface area (Å²) in [6.45, 7) is 5.27. The summed E-state index contributed by atoms with van der Waals surface area (Å²) in [5, 5.41) is 30.8. The van der Waals surface area contributed by atoms with Crippen LogP contribution in [0.15, 0.2) is 91.3 Å². The Morgan fingerprint density at radius 1 is 0.902 bits per heavy atom. The van der Waals surface area contributed by atoms with E-state index in [1.54, 1.807) is 6.92 Å². The number of anilines is 1. The van der Waals surface area contributed by atoms with E-state index in [1.807, 2.05) is 42.5 Å². The highest BCUT2D eigenvalue weighted by Gasteiger charge is 2.47. The van der Waals surface area contributed by atoms with E-state index in [-0.39, 0.29) is 17.4 Å². The van der Waals surface area contributed by atoms with Crippen molar-refractivity contribution in [3.05, 3.63) is 119 Å². The number of aliphatic hydroxyl groups excluding tert-OH is 2. The number of carbonyl (C=O) groups is 2. The number of carbonyl (C=O) groups excluding carboxylic acids is 2. The summed E-state index contributed by atoms with van der Waals surface area (Å²) in [5.41, 5.74) is 5.39. The molecule has 0 aliphatic carbocycles. The van der Waals surface area contributed by atoms with Crippen molar-refractivity contribution in [2.24, 2.45) is 0 Å². The van der Waals surface area contributed by atoms with Crippen LogP contribution in [0.2, 0.25) is 0 Å². The molecule has 1 fully saturated rings. The molecule has 0 bridgehead atoms. The fraction of sp³-hybridized carbons (Fsp3) is 0.342. The maximum Gasteiger partial charge on any atom is 0.289 e. The Morgan fingerprint density at radius 3 is 2.29 bits per heavy atom. The SMILES string of the molecule is CCNC(=O)[C@H]1O[C@@H](n2cnc3c(NCC(c4ccccc4)c4ccccc4)nc(C(=O)NCCN4CCc5ccccc5C4)nc32)[C@H](O)[C@@H]1O. The van der Waals surface area contributed by atoms with Gasteiger partial charge in [0.25, 0.3) is 11.8 Å². The molecule has 0 unspecified atom stereocenters. The van der Waals surface area contributed by atoms with E-state index in [9.17, 15) is 19.8 Å². The van der Waals surface area contributed by atoms with Crippen LogP contribution in [0.4, 0.5) is 5.82 Å². The number of hydrogen-bond acceptors (Lipinski definition) is 10. The molecule has 5 aromatic rings. The maximum absolute atomic E-state index is 13.7. The first kappa shape index (κ1) is 34.2. The Balaban J connectivity index is 1.17. The summed E-state index contributed by atoms with van der Waals surface area (Å²) in [6, 6.07) is 28.6. The topological polar surface area (TPSA) is 167 Å². The van der Waals surface area contributed by atoms with Crippen molar-refractivity contribution in [2.75, 3.05) is 38.0 Å². The number of nitrogens with one attached hydrogen (secondary N) is 3. The van der Waals surface area contributed by atoms with Gasteiger partial charge in [0.2, 0.25) is 5.82 Å². The predicted molar refractivity (Wildman–Crippen MR) is 191 cm³/mol. The molecule has 264 valence electrons. The van der Waals surface area contributed by atoms with E-state index in [4.69, 9.17) is 4.74 Å². The van der Waals surface area contributed by atoms with Crippen LogP contribution in [0.25, 0.3) is 11.2 Å². The van der Waals surface area contributed by atoms with Crippen molar-refractivity contribution in [1.29, 1.82) is 0 Å². The van der Waals surface area contributed by atoms with E-state index in [0.717, 1.165) is 30.6 Å². The second kappa shape index (κ2) is 15.4. The maximum atomic E-state index is 13.7. The van der Waals surface area contributed by atoms with Crippen LogP contribution < -0.4 is 16.0 Å². The lowest BCUT2D eigenvalue weighted by atomic mass is 9.91. The standard InChI is InChI=1S/C38H42N8O5/c1-2-39-36(49)32-30(47)31(48)38(51-32)46-23-42-29-33(41-21-28(25-12-5-3-6-13-25)26-14-7-4-8-15-26)43-34(44-35(29)46)37(50)40-18-20-45-19-17-24-11-9-10-16-27(24)22-45/h3-16,23,28,30-32,38,47-48H,2,17-22H2,1H3,(H,39,49)(H,40,50)(H,41,43,44)/t30-,31+,32-,38+/m0/s1. The Labute approximate surface area is 295 Å². The Bertz CT molecular complexity index is 1930. The summed E-state index contributed by atoms with van der Waals surface area (Å²) in [5.74, 6) is -0.847. The average Bonchev–Trinajstić information content (AvgIpc) is 3.72. The fourth-order valence-electron chi connectivity index (χ4n) is 6.86. The number of rotatable bonds is 12. The number of likely N-dealkylation sites (N-methyl/N-ethyl adjacent to an activating group) is 1. The minimum absolute atomic E-state index is 0.0561. The first-order chi connectivity index (χ1) is 24.9. The van der Waals surface area contributed by atoms with Crippen LogP contribution in [-0.2, 0) is 22.5 Å². The van der Waals surface area contributed by atoms with Crippen LogP contribution in [0.1, 0.15) is 51.9 Å². The lowest BCUT2D eigenvalue weighted by Gasteiger charge is -2.28. The van der Waals surface area contributed by atoms with Gasteiger partial charge in [-0.2, -0.15) is 0 Å². The number of aromatic nitrogens is 4. The largest absolute Gasteiger partial charge is 0.387 e. The van der Waals surface area contributed by atoms with Crippen LogP contribution in [0, 0.1) is 0 Å². The van der Waals surface area contributed by atoms with E-state index in [1.165, 1.54) is 22.0 Å². The number of nitrogens with zero attached hydrogens (tertiary/aromatic N) is 5. The number of fused-ring (bicyclic) bond motifs is 2. The van der Waals surface area contributed by atoms with Crippen molar-refractivity contribution in [3.8, 4) is 0 Å². The van der Waals surface area contributed by atoms with Crippen molar-refractivity contribution in [1.82, 2.24) is 35.1 Å². The molecule has 51 heavy (non-hydrogen) atoms. The highest BCUT2D eigenvalue weighted by Crippen LogP contribution is 2.33. The van der Waals surface area contributed by atoms with E-state index >= 15 is 0 Å². The highest BCUT2D eigenvalue weighted by atomic mass is 16.6. The smallest absolute Gasteiger partial charge is 0.289 e. The number of imidazole rings is 1. The zero-order valence-electron chi connectivity index (χ0n) is 28.4. The second-order valence-electron chi connectivity index (χ2n) is 12.8. The second-order valence-corrected chi connectivity index (χ2v) is 12.8. The summed E-state index contributed by atoms with van der Waals surface area (Å²) in [4.78, 5) is 42.4. The van der Waals surface area contributed by atoms with Gasteiger partial charge in [-0.25, -0.2) is 15.0 Å². The van der Waals surface area contributed by atoms with Gasteiger partial charge in [-0.15, -0.1) is 0 Å². The molecule has 1 saturated heterocycles. The number of aliphatic hydroxyl groups is 2. The molecule has 2 aliphatic rings. The molecule has 0 radical (unpaired) electrons. The Kier molecular flexibility index (Phi) is 10.3. The highest BCUT2D eigenvalue weighted by molar-refractivity contribution is 5.94. The predicted octanol–water partition coefficient (Wildman–Crippen LogP) is 2.61. The fourth-order valence-corrected chi connectivity index (χ4v) is 6.86. The molecule has 13 heteroatoms. The van der Waals surface area contributed by atoms with Crippen molar-refractivity contribution < 1.29 is 24.5 Å². The number of hydrogen-bond donors (Lipinski definition) is 5. The molecule has 0 spiro atoms. The van der Waals surface area contributed by atoms with Crippen molar-refractivity contribution in [2.45, 2.75) is 50.3 Å². The van der Waals surface area contributed by atoms with Crippen LogP contribution >= 0.6 is 0 Å². The molecule has 0 saturated carbocycles. The third-order valence-corrected chi connectivity index (χ3v) is 9.55. The lowest BCUT2D eigenvalue weighted by molar-refractivity contribution is -0.137.